The molecular weight excluding hydrogens is 300 g/mol. The van der Waals surface area contributed by atoms with Crippen molar-refractivity contribution in [2.45, 2.75) is 25.7 Å². The molecule has 1 unspecified atom stereocenters. The van der Waals surface area contributed by atoms with Gasteiger partial charge in [-0.15, -0.1) is 0 Å². The smallest absolute Gasteiger partial charge is 0.0502 e. The number of hydrogen-bond acceptors (Lipinski definition) is 1. The highest BCUT2D eigenvalue weighted by Crippen LogP contribution is 2.23. The summed E-state index contributed by atoms with van der Waals surface area (Å²) < 4.78 is 1.06. The number of benzene rings is 2. The van der Waals surface area contributed by atoms with Crippen LogP contribution in [0.1, 0.15) is 29.5 Å². The fraction of sp³-hybridized carbons (Fsp3) is 0.294. The van der Waals surface area contributed by atoms with Crippen molar-refractivity contribution >= 4 is 15.9 Å². The summed E-state index contributed by atoms with van der Waals surface area (Å²) >= 11 is 3.48. The lowest BCUT2D eigenvalue weighted by Crippen LogP contribution is -2.07. The molecule has 2 rings (SSSR count). The Labute approximate surface area is 123 Å². The fourth-order valence-electron chi connectivity index (χ4n) is 2.24. The standard InChI is InChI=1S/C17H19BrO/c1-2-13-6-8-14(9-7-13)10-16(12-19)15-4-3-5-17(18)11-15/h3-9,11,16,19H,2,10,12H2,1H3. The molecule has 0 amide bonds. The first-order valence-electron chi connectivity index (χ1n) is 6.67. The van der Waals surface area contributed by atoms with Gasteiger partial charge in [-0.3, -0.25) is 0 Å². The molecule has 0 aliphatic carbocycles. The van der Waals surface area contributed by atoms with Crippen molar-refractivity contribution in [3.05, 3.63) is 69.7 Å². The topological polar surface area (TPSA) is 20.2 Å². The van der Waals surface area contributed by atoms with E-state index in [1.807, 2.05) is 12.1 Å². The minimum absolute atomic E-state index is 0.157. The zero-order chi connectivity index (χ0) is 13.7. The lowest BCUT2D eigenvalue weighted by Gasteiger charge is -2.15. The van der Waals surface area contributed by atoms with Crippen LogP contribution in [0.2, 0.25) is 0 Å². The summed E-state index contributed by atoms with van der Waals surface area (Å²) in [4.78, 5) is 0. The van der Waals surface area contributed by atoms with Crippen LogP contribution in [0.3, 0.4) is 0 Å². The van der Waals surface area contributed by atoms with Gasteiger partial charge in [0.2, 0.25) is 0 Å². The highest BCUT2D eigenvalue weighted by atomic mass is 79.9. The maximum atomic E-state index is 9.62. The molecule has 1 nitrogen and oxygen atoms in total. The van der Waals surface area contributed by atoms with Crippen LogP contribution in [-0.4, -0.2) is 11.7 Å². The first-order chi connectivity index (χ1) is 9.22. The van der Waals surface area contributed by atoms with E-state index in [0.29, 0.717) is 0 Å². The number of aliphatic hydroxyl groups excluding tert-OH is 1. The number of rotatable bonds is 5. The second-order valence-corrected chi connectivity index (χ2v) is 5.72. The Bertz CT molecular complexity index is 519. The van der Waals surface area contributed by atoms with E-state index in [1.165, 1.54) is 16.7 Å². The second-order valence-electron chi connectivity index (χ2n) is 4.81. The van der Waals surface area contributed by atoms with Crippen molar-refractivity contribution in [3.8, 4) is 0 Å². The Kier molecular flexibility index (Phi) is 5.17. The molecule has 0 aliphatic heterocycles. The third-order valence-electron chi connectivity index (χ3n) is 3.45. The summed E-state index contributed by atoms with van der Waals surface area (Å²) in [5, 5.41) is 9.62. The van der Waals surface area contributed by atoms with Crippen LogP contribution < -0.4 is 0 Å². The molecule has 2 aromatic carbocycles. The van der Waals surface area contributed by atoms with Crippen molar-refractivity contribution in [1.29, 1.82) is 0 Å². The van der Waals surface area contributed by atoms with E-state index in [4.69, 9.17) is 0 Å². The maximum absolute atomic E-state index is 9.62. The Morgan fingerprint density at radius 1 is 1.05 bits per heavy atom. The molecule has 2 heteroatoms. The molecule has 0 heterocycles. The third-order valence-corrected chi connectivity index (χ3v) is 3.95. The highest BCUT2D eigenvalue weighted by molar-refractivity contribution is 9.10. The molecule has 0 saturated carbocycles. The van der Waals surface area contributed by atoms with E-state index < -0.39 is 0 Å². The molecule has 19 heavy (non-hydrogen) atoms. The molecule has 1 atom stereocenters. The predicted octanol–water partition coefficient (Wildman–Crippen LogP) is 4.33. The predicted molar refractivity (Wildman–Crippen MR) is 83.5 cm³/mol. The van der Waals surface area contributed by atoms with Gasteiger partial charge in [0.1, 0.15) is 0 Å². The van der Waals surface area contributed by atoms with Crippen molar-refractivity contribution < 1.29 is 5.11 Å². The maximum Gasteiger partial charge on any atom is 0.0502 e. The normalized spacial score (nSPS) is 12.4. The zero-order valence-electron chi connectivity index (χ0n) is 11.1. The number of aryl methyl sites for hydroxylation is 1. The van der Waals surface area contributed by atoms with Crippen LogP contribution >= 0.6 is 15.9 Å². The van der Waals surface area contributed by atoms with Crippen molar-refractivity contribution in [2.75, 3.05) is 6.61 Å². The molecular formula is C17H19BrO. The van der Waals surface area contributed by atoms with Gasteiger partial charge in [0, 0.05) is 10.4 Å². The Balaban J connectivity index is 2.14. The van der Waals surface area contributed by atoms with Crippen molar-refractivity contribution in [2.24, 2.45) is 0 Å². The fourth-order valence-corrected chi connectivity index (χ4v) is 2.66. The third kappa shape index (κ3) is 3.92. The Hall–Kier alpha value is -1.12. The molecule has 0 radical (unpaired) electrons. The van der Waals surface area contributed by atoms with E-state index >= 15 is 0 Å². The molecule has 0 aliphatic rings. The van der Waals surface area contributed by atoms with E-state index in [9.17, 15) is 5.11 Å². The summed E-state index contributed by atoms with van der Waals surface area (Å²) in [6, 6.07) is 16.9. The molecule has 0 fully saturated rings. The van der Waals surface area contributed by atoms with Gasteiger partial charge in [-0.1, -0.05) is 59.3 Å². The summed E-state index contributed by atoms with van der Waals surface area (Å²) in [6.07, 6.45) is 1.94. The van der Waals surface area contributed by atoms with Gasteiger partial charge in [0.15, 0.2) is 0 Å². The summed E-state index contributed by atoms with van der Waals surface area (Å²) in [5.74, 6) is 0.157. The average Bonchev–Trinajstić information content (AvgIpc) is 2.45. The van der Waals surface area contributed by atoms with Crippen LogP contribution in [0.15, 0.2) is 53.0 Å². The molecule has 2 aromatic rings. The molecule has 0 spiro atoms. The van der Waals surface area contributed by atoms with Gasteiger partial charge in [0.25, 0.3) is 0 Å². The largest absolute Gasteiger partial charge is 0.396 e. The van der Waals surface area contributed by atoms with Gasteiger partial charge in [-0.2, -0.15) is 0 Å². The molecule has 0 aromatic heterocycles. The first-order valence-corrected chi connectivity index (χ1v) is 7.46. The average molecular weight is 319 g/mol. The van der Waals surface area contributed by atoms with Crippen LogP contribution in [0.25, 0.3) is 0 Å². The first kappa shape index (κ1) is 14.3. The van der Waals surface area contributed by atoms with Gasteiger partial charge < -0.3 is 5.11 Å². The Morgan fingerprint density at radius 3 is 2.32 bits per heavy atom. The summed E-state index contributed by atoms with van der Waals surface area (Å²) in [6.45, 7) is 2.33. The van der Waals surface area contributed by atoms with Gasteiger partial charge in [-0.25, -0.2) is 0 Å². The van der Waals surface area contributed by atoms with E-state index in [0.717, 1.165) is 17.3 Å². The molecule has 0 saturated heterocycles. The monoisotopic (exact) mass is 318 g/mol. The summed E-state index contributed by atoms with van der Waals surface area (Å²) in [5.41, 5.74) is 3.81. The van der Waals surface area contributed by atoms with Gasteiger partial charge in [0.05, 0.1) is 6.61 Å². The molecule has 100 valence electrons. The minimum atomic E-state index is 0.157. The second kappa shape index (κ2) is 6.88. The highest BCUT2D eigenvalue weighted by Gasteiger charge is 2.11. The van der Waals surface area contributed by atoms with Crippen LogP contribution in [-0.2, 0) is 12.8 Å². The van der Waals surface area contributed by atoms with Crippen molar-refractivity contribution in [3.63, 3.8) is 0 Å². The SMILES string of the molecule is CCc1ccc(CC(CO)c2cccc(Br)c2)cc1. The van der Waals surface area contributed by atoms with Gasteiger partial charge >= 0.3 is 0 Å². The number of aliphatic hydroxyl groups is 1. The minimum Gasteiger partial charge on any atom is -0.396 e. The van der Waals surface area contributed by atoms with Crippen LogP contribution in [0.4, 0.5) is 0 Å². The zero-order valence-corrected chi connectivity index (χ0v) is 12.7. The number of hydrogen-bond donors (Lipinski definition) is 1. The lowest BCUT2D eigenvalue weighted by molar-refractivity contribution is 0.264. The van der Waals surface area contributed by atoms with Gasteiger partial charge in [-0.05, 0) is 41.7 Å². The summed E-state index contributed by atoms with van der Waals surface area (Å²) in [7, 11) is 0. The number of halogens is 1. The quantitative estimate of drug-likeness (QED) is 0.870. The van der Waals surface area contributed by atoms with E-state index in [1.54, 1.807) is 0 Å². The van der Waals surface area contributed by atoms with Crippen LogP contribution in [0, 0.1) is 0 Å². The molecule has 1 N–H and O–H groups in total. The van der Waals surface area contributed by atoms with E-state index in [-0.39, 0.29) is 12.5 Å². The Morgan fingerprint density at radius 2 is 1.74 bits per heavy atom. The molecule has 0 bridgehead atoms. The van der Waals surface area contributed by atoms with E-state index in [2.05, 4.69) is 59.3 Å². The van der Waals surface area contributed by atoms with Crippen LogP contribution in [0.5, 0.6) is 0 Å². The van der Waals surface area contributed by atoms with Crippen molar-refractivity contribution in [1.82, 2.24) is 0 Å². The lowest BCUT2D eigenvalue weighted by atomic mass is 9.92.